The van der Waals surface area contributed by atoms with E-state index in [0.29, 0.717) is 5.41 Å². The lowest BCUT2D eigenvalue weighted by Crippen LogP contribution is -2.63. The Bertz CT molecular complexity index is 301. The van der Waals surface area contributed by atoms with Gasteiger partial charge in [0.05, 0.1) is 5.75 Å². The highest BCUT2D eigenvalue weighted by Gasteiger charge is 2.67. The van der Waals surface area contributed by atoms with E-state index in [1.165, 1.54) is 12.8 Å². The van der Waals surface area contributed by atoms with Gasteiger partial charge in [0.25, 0.3) is 0 Å². The molecule has 3 fully saturated rings. The minimum absolute atomic E-state index is 0.0930. The lowest BCUT2D eigenvalue weighted by Gasteiger charge is -2.71. The van der Waals surface area contributed by atoms with Crippen molar-refractivity contribution >= 4 is 19.7 Å². The second-order valence-electron chi connectivity index (χ2n) is 4.96. The molecule has 0 atom stereocenters. The summed E-state index contributed by atoms with van der Waals surface area (Å²) in [5.41, 5.74) is 0.617. The van der Waals surface area contributed by atoms with Gasteiger partial charge in [0.2, 0.25) is 9.05 Å². The zero-order chi connectivity index (χ0) is 9.74. The minimum atomic E-state index is -3.27. The zero-order valence-corrected chi connectivity index (χ0v) is 9.42. The average molecular weight is 223 g/mol. The maximum absolute atomic E-state index is 10.9. The molecule has 0 saturated heterocycles. The first-order valence-electron chi connectivity index (χ1n) is 4.81. The second-order valence-corrected chi connectivity index (χ2v) is 7.74. The highest BCUT2D eigenvalue weighted by molar-refractivity contribution is 8.13. The highest BCUT2D eigenvalue weighted by Crippen LogP contribution is 2.75. The van der Waals surface area contributed by atoms with Crippen LogP contribution in [0.5, 0.6) is 0 Å². The van der Waals surface area contributed by atoms with Gasteiger partial charge >= 0.3 is 0 Å². The van der Waals surface area contributed by atoms with E-state index in [1.807, 2.05) is 0 Å². The topological polar surface area (TPSA) is 34.1 Å². The number of hydrogen-bond acceptors (Lipinski definition) is 2. The smallest absolute Gasteiger partial charge is 0.212 e. The van der Waals surface area contributed by atoms with Gasteiger partial charge in [0.1, 0.15) is 0 Å². The summed E-state index contributed by atoms with van der Waals surface area (Å²) in [4.78, 5) is 0. The summed E-state index contributed by atoms with van der Waals surface area (Å²) in [7, 11) is 1.98. The predicted octanol–water partition coefficient (Wildman–Crippen LogP) is 2.53. The van der Waals surface area contributed by atoms with Crippen molar-refractivity contribution in [3.8, 4) is 0 Å². The van der Waals surface area contributed by atoms with Crippen molar-refractivity contribution in [1.82, 2.24) is 0 Å². The van der Waals surface area contributed by atoms with Crippen LogP contribution in [0.2, 0.25) is 0 Å². The largest absolute Gasteiger partial charge is 0.233 e. The Morgan fingerprint density at radius 3 is 2.15 bits per heavy atom. The number of rotatable bonds is 4. The van der Waals surface area contributed by atoms with Gasteiger partial charge in [-0.1, -0.05) is 13.3 Å². The van der Waals surface area contributed by atoms with Gasteiger partial charge in [0, 0.05) is 10.7 Å². The first-order valence-corrected chi connectivity index (χ1v) is 7.29. The van der Waals surface area contributed by atoms with E-state index in [4.69, 9.17) is 10.7 Å². The van der Waals surface area contributed by atoms with Crippen molar-refractivity contribution in [3.63, 3.8) is 0 Å². The van der Waals surface area contributed by atoms with E-state index in [1.54, 1.807) is 0 Å². The molecule has 4 heteroatoms. The predicted molar refractivity (Wildman–Crippen MR) is 53.3 cm³/mol. The zero-order valence-electron chi connectivity index (χ0n) is 7.85. The first-order chi connectivity index (χ1) is 5.89. The van der Waals surface area contributed by atoms with Gasteiger partial charge in [-0.15, -0.1) is 0 Å². The molecule has 0 N–H and O–H groups in total. The van der Waals surface area contributed by atoms with Crippen LogP contribution in [0, 0.1) is 10.8 Å². The molecule has 3 saturated carbocycles. The standard InChI is InChI=1S/C9H15ClO2S/c1-2-3-8-4-9(5-8,6-8)7-13(10,11)12/h2-7H2,1H3. The Balaban J connectivity index is 1.90. The fourth-order valence-corrected chi connectivity index (χ4v) is 5.28. The van der Waals surface area contributed by atoms with Crippen LogP contribution in [-0.2, 0) is 9.05 Å². The van der Waals surface area contributed by atoms with Crippen LogP contribution in [0.15, 0.2) is 0 Å². The monoisotopic (exact) mass is 222 g/mol. The van der Waals surface area contributed by atoms with Gasteiger partial charge in [-0.2, -0.15) is 0 Å². The molecular formula is C9H15ClO2S. The Kier molecular flexibility index (Phi) is 1.98. The maximum atomic E-state index is 10.9. The van der Waals surface area contributed by atoms with Crippen LogP contribution in [-0.4, -0.2) is 14.2 Å². The van der Waals surface area contributed by atoms with E-state index in [9.17, 15) is 8.42 Å². The molecular weight excluding hydrogens is 208 g/mol. The van der Waals surface area contributed by atoms with E-state index in [-0.39, 0.29) is 11.2 Å². The van der Waals surface area contributed by atoms with Crippen LogP contribution in [0.3, 0.4) is 0 Å². The summed E-state index contributed by atoms with van der Waals surface area (Å²) in [5, 5.41) is 0. The lowest BCUT2D eigenvalue weighted by molar-refractivity contribution is -0.191. The van der Waals surface area contributed by atoms with Crippen LogP contribution >= 0.6 is 10.7 Å². The summed E-state index contributed by atoms with van der Waals surface area (Å²) in [6.45, 7) is 2.19. The lowest BCUT2D eigenvalue weighted by atomic mass is 9.35. The molecule has 0 aromatic heterocycles. The third-order valence-corrected chi connectivity index (χ3v) is 4.79. The normalized spacial score (nSPS) is 42.3. The van der Waals surface area contributed by atoms with Crippen molar-refractivity contribution in [1.29, 1.82) is 0 Å². The molecule has 3 aliphatic carbocycles. The van der Waals surface area contributed by atoms with Gasteiger partial charge in [0.15, 0.2) is 0 Å². The molecule has 2 bridgehead atoms. The summed E-state index contributed by atoms with van der Waals surface area (Å²) < 4.78 is 21.8. The van der Waals surface area contributed by atoms with Crippen molar-refractivity contribution in [3.05, 3.63) is 0 Å². The van der Waals surface area contributed by atoms with Crippen LogP contribution in [0.1, 0.15) is 39.0 Å². The molecule has 76 valence electrons. The SMILES string of the molecule is CCCC12CC(CS(=O)(=O)Cl)(C1)C2. The Morgan fingerprint density at radius 1 is 1.23 bits per heavy atom. The molecule has 3 aliphatic rings. The molecule has 0 spiro atoms. The maximum Gasteiger partial charge on any atom is 0.233 e. The van der Waals surface area contributed by atoms with Crippen LogP contribution in [0.25, 0.3) is 0 Å². The van der Waals surface area contributed by atoms with Crippen LogP contribution < -0.4 is 0 Å². The van der Waals surface area contributed by atoms with Gasteiger partial charge < -0.3 is 0 Å². The molecule has 13 heavy (non-hydrogen) atoms. The highest BCUT2D eigenvalue weighted by atomic mass is 35.7. The minimum Gasteiger partial charge on any atom is -0.212 e. The van der Waals surface area contributed by atoms with E-state index < -0.39 is 9.05 Å². The molecule has 0 amide bonds. The Morgan fingerprint density at radius 2 is 1.77 bits per heavy atom. The van der Waals surface area contributed by atoms with E-state index in [2.05, 4.69) is 6.92 Å². The van der Waals surface area contributed by atoms with Gasteiger partial charge in [-0.05, 0) is 36.5 Å². The molecule has 0 heterocycles. The molecule has 0 aromatic carbocycles. The molecule has 2 nitrogen and oxygen atoms in total. The molecule has 0 unspecified atom stereocenters. The first kappa shape index (κ1) is 9.78. The average Bonchev–Trinajstić information content (AvgIpc) is 1.77. The molecule has 0 radical (unpaired) electrons. The summed E-state index contributed by atoms with van der Waals surface area (Å²) in [6, 6.07) is 0. The summed E-state index contributed by atoms with van der Waals surface area (Å²) >= 11 is 0. The van der Waals surface area contributed by atoms with Crippen molar-refractivity contribution in [2.45, 2.75) is 39.0 Å². The fourth-order valence-electron chi connectivity index (χ4n) is 3.55. The summed E-state index contributed by atoms with van der Waals surface area (Å²) in [6.07, 6.45) is 5.76. The molecule has 0 aromatic rings. The van der Waals surface area contributed by atoms with E-state index in [0.717, 1.165) is 19.3 Å². The fraction of sp³-hybridized carbons (Fsp3) is 1.00. The molecule has 3 rings (SSSR count). The summed E-state index contributed by atoms with van der Waals surface area (Å²) in [5.74, 6) is 0.201. The van der Waals surface area contributed by atoms with Gasteiger partial charge in [-0.25, -0.2) is 8.42 Å². The number of halogens is 1. The van der Waals surface area contributed by atoms with E-state index >= 15 is 0 Å². The third-order valence-electron chi connectivity index (χ3n) is 3.51. The Labute approximate surface area is 84.1 Å². The van der Waals surface area contributed by atoms with Crippen LogP contribution in [0.4, 0.5) is 0 Å². The van der Waals surface area contributed by atoms with Crippen molar-refractivity contribution in [2.75, 3.05) is 5.75 Å². The van der Waals surface area contributed by atoms with Gasteiger partial charge in [-0.3, -0.25) is 0 Å². The third kappa shape index (κ3) is 1.61. The number of hydrogen-bond donors (Lipinski definition) is 0. The van der Waals surface area contributed by atoms with Crippen molar-refractivity contribution in [2.24, 2.45) is 10.8 Å². The Hall–Kier alpha value is 0.240. The quantitative estimate of drug-likeness (QED) is 0.685. The second kappa shape index (κ2) is 2.63. The van der Waals surface area contributed by atoms with Crippen molar-refractivity contribution < 1.29 is 8.42 Å². The molecule has 0 aliphatic heterocycles.